The van der Waals surface area contributed by atoms with Gasteiger partial charge in [0.25, 0.3) is 0 Å². The van der Waals surface area contributed by atoms with Gasteiger partial charge in [-0.25, -0.2) is 0 Å². The van der Waals surface area contributed by atoms with Crippen molar-refractivity contribution in [3.8, 4) is 0 Å². The molecule has 0 radical (unpaired) electrons. The predicted molar refractivity (Wildman–Crippen MR) is 79.5 cm³/mol. The van der Waals surface area contributed by atoms with Crippen molar-refractivity contribution < 1.29 is 14.3 Å². The van der Waals surface area contributed by atoms with Crippen LogP contribution in [0.4, 0.5) is 0 Å². The third-order valence-electron chi connectivity index (χ3n) is 6.05. The van der Waals surface area contributed by atoms with Crippen LogP contribution in [0, 0.1) is 17.3 Å². The Labute approximate surface area is 125 Å². The molecule has 0 spiro atoms. The van der Waals surface area contributed by atoms with E-state index in [-0.39, 0.29) is 23.2 Å². The highest BCUT2D eigenvalue weighted by molar-refractivity contribution is 5.97. The Hall–Kier alpha value is -1.19. The number of hydrogen-bond donors (Lipinski definition) is 0. The number of hydrogen-bond acceptors (Lipinski definition) is 3. The normalized spacial score (nSPS) is 47.0. The molecule has 0 aromatic rings. The van der Waals surface area contributed by atoms with E-state index in [2.05, 4.69) is 18.7 Å². The average molecular weight is 286 g/mol. The average Bonchev–Trinajstić information content (AvgIpc) is 2.80. The first-order valence-electron chi connectivity index (χ1n) is 7.95. The van der Waals surface area contributed by atoms with Crippen molar-refractivity contribution in [1.29, 1.82) is 0 Å². The maximum Gasteiger partial charge on any atom is 0.237 e. The second-order valence-electron chi connectivity index (χ2n) is 6.73. The van der Waals surface area contributed by atoms with Crippen LogP contribution in [0.1, 0.15) is 32.1 Å². The molecule has 1 saturated carbocycles. The van der Waals surface area contributed by atoms with Gasteiger partial charge >= 0.3 is 0 Å². The predicted octanol–water partition coefficient (Wildman–Crippen LogP) is 3.18. The molecule has 1 heterocycles. The number of ketones is 1. The SMILES string of the molecule is C=CC[C@@]12C3=CC[C@H]4C=CC(=O)[C@@](OC)(O[C@H]1CCC3)[C@H]42. The van der Waals surface area contributed by atoms with E-state index in [9.17, 15) is 4.79 Å². The highest BCUT2D eigenvalue weighted by atomic mass is 16.7. The van der Waals surface area contributed by atoms with Crippen LogP contribution in [0.15, 0.2) is 36.5 Å². The smallest absolute Gasteiger partial charge is 0.237 e. The van der Waals surface area contributed by atoms with Gasteiger partial charge < -0.3 is 9.47 Å². The molecule has 1 aliphatic heterocycles. The number of carbonyl (C=O) groups excluding carboxylic acids is 1. The minimum absolute atomic E-state index is 0.0228. The molecule has 112 valence electrons. The van der Waals surface area contributed by atoms with Crippen LogP contribution in [0.3, 0.4) is 0 Å². The van der Waals surface area contributed by atoms with Crippen molar-refractivity contribution in [1.82, 2.24) is 0 Å². The maximum absolute atomic E-state index is 12.6. The molecule has 0 bridgehead atoms. The summed E-state index contributed by atoms with van der Waals surface area (Å²) in [5.74, 6) is -0.674. The van der Waals surface area contributed by atoms with E-state index in [0.29, 0.717) is 5.92 Å². The van der Waals surface area contributed by atoms with Crippen molar-refractivity contribution in [3.63, 3.8) is 0 Å². The maximum atomic E-state index is 12.6. The van der Waals surface area contributed by atoms with Gasteiger partial charge in [-0.2, -0.15) is 0 Å². The fourth-order valence-corrected chi connectivity index (χ4v) is 5.37. The Balaban J connectivity index is 1.95. The van der Waals surface area contributed by atoms with Gasteiger partial charge in [-0.05, 0) is 44.1 Å². The van der Waals surface area contributed by atoms with Gasteiger partial charge in [-0.1, -0.05) is 23.8 Å². The molecule has 2 fully saturated rings. The molecule has 0 N–H and O–H groups in total. The largest absolute Gasteiger partial charge is 0.346 e. The first-order chi connectivity index (χ1) is 10.2. The molecule has 3 aliphatic carbocycles. The van der Waals surface area contributed by atoms with Crippen LogP contribution in [0.25, 0.3) is 0 Å². The van der Waals surface area contributed by atoms with E-state index < -0.39 is 5.79 Å². The van der Waals surface area contributed by atoms with E-state index in [0.717, 1.165) is 32.1 Å². The number of rotatable bonds is 3. The van der Waals surface area contributed by atoms with Gasteiger partial charge in [0, 0.05) is 18.4 Å². The van der Waals surface area contributed by atoms with E-state index >= 15 is 0 Å². The number of allylic oxidation sites excluding steroid dienone is 3. The number of methoxy groups -OCH3 is 1. The summed E-state index contributed by atoms with van der Waals surface area (Å²) in [4.78, 5) is 12.6. The van der Waals surface area contributed by atoms with E-state index in [1.54, 1.807) is 13.2 Å². The van der Waals surface area contributed by atoms with Crippen LogP contribution in [0.5, 0.6) is 0 Å². The molecular formula is C18H22O3. The molecule has 1 saturated heterocycles. The van der Waals surface area contributed by atoms with Crippen LogP contribution in [0.2, 0.25) is 0 Å². The molecule has 5 atom stereocenters. The lowest BCUT2D eigenvalue weighted by Gasteiger charge is -2.50. The van der Waals surface area contributed by atoms with Gasteiger partial charge in [0.15, 0.2) is 0 Å². The van der Waals surface area contributed by atoms with Crippen molar-refractivity contribution in [3.05, 3.63) is 36.5 Å². The molecule has 0 unspecified atom stereocenters. The molecule has 3 heteroatoms. The van der Waals surface area contributed by atoms with Crippen LogP contribution >= 0.6 is 0 Å². The Morgan fingerprint density at radius 2 is 2.43 bits per heavy atom. The Bertz CT molecular complexity index is 561. The summed E-state index contributed by atoms with van der Waals surface area (Å²) in [7, 11) is 1.62. The molecule has 4 aliphatic rings. The minimum atomic E-state index is -1.07. The third-order valence-corrected chi connectivity index (χ3v) is 6.05. The fourth-order valence-electron chi connectivity index (χ4n) is 5.37. The molecule has 0 aromatic carbocycles. The van der Waals surface area contributed by atoms with Crippen molar-refractivity contribution >= 4 is 5.78 Å². The van der Waals surface area contributed by atoms with Gasteiger partial charge in [0.2, 0.25) is 11.6 Å². The Morgan fingerprint density at radius 1 is 1.57 bits per heavy atom. The van der Waals surface area contributed by atoms with Gasteiger partial charge in [0.05, 0.1) is 6.10 Å². The Kier molecular flexibility index (Phi) is 2.82. The van der Waals surface area contributed by atoms with Crippen LogP contribution < -0.4 is 0 Å². The monoisotopic (exact) mass is 286 g/mol. The van der Waals surface area contributed by atoms with Crippen molar-refractivity contribution in [2.24, 2.45) is 17.3 Å². The molecule has 3 nitrogen and oxygen atoms in total. The highest BCUT2D eigenvalue weighted by Gasteiger charge is 2.71. The lowest BCUT2D eigenvalue weighted by atomic mass is 9.52. The highest BCUT2D eigenvalue weighted by Crippen LogP contribution is 2.66. The van der Waals surface area contributed by atoms with E-state index in [1.165, 1.54) is 5.57 Å². The van der Waals surface area contributed by atoms with Gasteiger partial charge in [-0.3, -0.25) is 4.79 Å². The van der Waals surface area contributed by atoms with Crippen LogP contribution in [-0.4, -0.2) is 24.8 Å². The quantitative estimate of drug-likeness (QED) is 0.748. The first-order valence-corrected chi connectivity index (χ1v) is 7.95. The summed E-state index contributed by atoms with van der Waals surface area (Å²) >= 11 is 0. The molecule has 0 amide bonds. The van der Waals surface area contributed by atoms with E-state index in [4.69, 9.17) is 9.47 Å². The lowest BCUT2D eigenvalue weighted by molar-refractivity contribution is -0.226. The summed E-state index contributed by atoms with van der Waals surface area (Å²) in [6.07, 6.45) is 13.3. The Morgan fingerprint density at radius 3 is 3.19 bits per heavy atom. The zero-order valence-electron chi connectivity index (χ0n) is 12.5. The van der Waals surface area contributed by atoms with E-state index in [1.807, 2.05) is 6.08 Å². The first kappa shape index (κ1) is 13.5. The number of ether oxygens (including phenoxy) is 2. The van der Waals surface area contributed by atoms with Gasteiger partial charge in [0.1, 0.15) is 0 Å². The lowest BCUT2D eigenvalue weighted by Crippen LogP contribution is -2.55. The fraction of sp³-hybridized carbons (Fsp3) is 0.611. The number of carbonyl (C=O) groups is 1. The van der Waals surface area contributed by atoms with Gasteiger partial charge in [-0.15, -0.1) is 6.58 Å². The summed E-state index contributed by atoms with van der Waals surface area (Å²) in [6.45, 7) is 3.97. The summed E-state index contributed by atoms with van der Waals surface area (Å²) < 4.78 is 12.1. The third kappa shape index (κ3) is 1.44. The molecule has 21 heavy (non-hydrogen) atoms. The molecular weight excluding hydrogens is 264 g/mol. The zero-order chi connectivity index (χ0) is 14.7. The second kappa shape index (κ2) is 4.40. The topological polar surface area (TPSA) is 35.5 Å². The molecule has 4 rings (SSSR count). The summed E-state index contributed by atoms with van der Waals surface area (Å²) in [6, 6.07) is 0. The summed E-state index contributed by atoms with van der Waals surface area (Å²) in [5.41, 5.74) is 1.39. The zero-order valence-corrected chi connectivity index (χ0v) is 12.5. The minimum Gasteiger partial charge on any atom is -0.346 e. The summed E-state index contributed by atoms with van der Waals surface area (Å²) in [5, 5.41) is 0. The second-order valence-corrected chi connectivity index (χ2v) is 6.73. The van der Waals surface area contributed by atoms with Crippen molar-refractivity contribution in [2.45, 2.75) is 44.0 Å². The van der Waals surface area contributed by atoms with Crippen molar-refractivity contribution in [2.75, 3.05) is 7.11 Å². The molecule has 0 aromatic heterocycles. The van der Waals surface area contributed by atoms with Crippen LogP contribution in [-0.2, 0) is 14.3 Å². The standard InChI is InChI=1S/C18H22O3/c1-3-11-17-13-5-4-6-15(17)21-18(20-2)14(19)10-8-12(7-9-13)16(17)18/h3,8-10,12,15-16H,1,4-7,11H2,2H3/t12-,15-,16+,17+,18+/m0/s1.